The van der Waals surface area contributed by atoms with Crippen LogP contribution in [-0.4, -0.2) is 56.5 Å². The highest BCUT2D eigenvalue weighted by atomic mass is 32.2. The van der Waals surface area contributed by atoms with Gasteiger partial charge in [-0.2, -0.15) is 0 Å². The van der Waals surface area contributed by atoms with Crippen LogP contribution in [-0.2, 0) is 33.8 Å². The number of carbonyl (C=O) groups excluding carboxylic acids is 4. The average Bonchev–Trinajstić information content (AvgIpc) is 3.65. The van der Waals surface area contributed by atoms with Crippen molar-refractivity contribution in [2.24, 2.45) is 0 Å². The van der Waals surface area contributed by atoms with Crippen molar-refractivity contribution in [2.45, 2.75) is 29.7 Å². The Labute approximate surface area is 362 Å². The van der Waals surface area contributed by atoms with Gasteiger partial charge in [-0.3, -0.25) is 19.3 Å². The van der Waals surface area contributed by atoms with Crippen LogP contribution in [0.2, 0.25) is 0 Å². The zero-order valence-corrected chi connectivity index (χ0v) is 35.4. The minimum atomic E-state index is -0.739. The van der Waals surface area contributed by atoms with Crippen LogP contribution in [0.25, 0.3) is 6.08 Å². The molecule has 1 aromatic heterocycles. The number of hydrogen-bond acceptors (Lipinski definition) is 10. The first-order valence-corrected chi connectivity index (χ1v) is 21.2. The van der Waals surface area contributed by atoms with Gasteiger partial charge in [0.2, 0.25) is 5.91 Å². The van der Waals surface area contributed by atoms with Crippen molar-refractivity contribution in [3.63, 3.8) is 0 Å². The van der Waals surface area contributed by atoms with E-state index in [4.69, 9.17) is 14.2 Å². The molecule has 13 heteroatoms. The summed E-state index contributed by atoms with van der Waals surface area (Å²) in [6, 6.07) is 40.5. The molecule has 61 heavy (non-hydrogen) atoms. The van der Waals surface area contributed by atoms with Crippen LogP contribution >= 0.6 is 23.1 Å². The van der Waals surface area contributed by atoms with Crippen LogP contribution < -0.4 is 25.4 Å². The fraction of sp³-hybridized carbons (Fsp3) is 0.167. The van der Waals surface area contributed by atoms with Gasteiger partial charge in [-0.1, -0.05) is 91.0 Å². The van der Waals surface area contributed by atoms with Gasteiger partial charge in [-0.05, 0) is 77.2 Å². The lowest BCUT2D eigenvalue weighted by atomic mass is 10.0. The average molecular weight is 853 g/mol. The maximum atomic E-state index is 14.4. The molecule has 2 heterocycles. The number of benzene rings is 5. The quantitative estimate of drug-likeness (QED) is 0.0526. The molecule has 3 amide bonds. The van der Waals surface area contributed by atoms with Crippen molar-refractivity contribution in [2.75, 3.05) is 38.5 Å². The zero-order valence-electron chi connectivity index (χ0n) is 33.8. The number of amides is 3. The third-order valence-corrected chi connectivity index (χ3v) is 12.3. The molecule has 0 aliphatic carbocycles. The topological polar surface area (TPSA) is 135 Å². The number of methoxy groups -OCH3 is 3. The van der Waals surface area contributed by atoms with E-state index in [1.54, 1.807) is 72.8 Å². The number of rotatable bonds is 15. The third kappa shape index (κ3) is 10.6. The van der Waals surface area contributed by atoms with E-state index in [9.17, 15) is 19.2 Å². The number of thioether (sulfide) groups is 1. The van der Waals surface area contributed by atoms with Crippen LogP contribution in [0.15, 0.2) is 144 Å². The normalized spacial score (nSPS) is 13.0. The van der Waals surface area contributed by atoms with Gasteiger partial charge < -0.3 is 30.2 Å². The molecule has 0 spiro atoms. The fourth-order valence-corrected chi connectivity index (χ4v) is 9.32. The van der Waals surface area contributed by atoms with E-state index >= 15 is 0 Å². The number of carbonyl (C=O) groups is 4. The highest BCUT2D eigenvalue weighted by Gasteiger charge is 2.31. The summed E-state index contributed by atoms with van der Waals surface area (Å²) >= 11 is 2.71. The Balaban J connectivity index is 1.13. The molecule has 7 rings (SSSR count). The number of esters is 1. The minimum absolute atomic E-state index is 0.0103. The Hall–Kier alpha value is -6.67. The van der Waals surface area contributed by atoms with Crippen LogP contribution in [0.4, 0.5) is 10.7 Å². The SMILES string of the molecule is COC(=O)c1c(NC(=O)C(Sc2cccc(NC(=O)/C(=C\c3ccc(OC)c(OC)c3)NC(=O)c3ccccc3)c2)c2ccccc2)sc2c1CCN(Cc1ccccc1)C2. The molecule has 3 N–H and O–H groups in total. The van der Waals surface area contributed by atoms with Crippen molar-refractivity contribution >= 4 is 63.6 Å². The number of ether oxygens (including phenoxy) is 3. The molecule has 0 bridgehead atoms. The lowest BCUT2D eigenvalue weighted by Gasteiger charge is -2.27. The van der Waals surface area contributed by atoms with Gasteiger partial charge in [0, 0.05) is 40.7 Å². The number of anilines is 2. The highest BCUT2D eigenvalue weighted by molar-refractivity contribution is 8.00. The fourth-order valence-electron chi connectivity index (χ4n) is 6.95. The molecular formula is C48H44N4O7S2. The molecule has 310 valence electrons. The molecular weight excluding hydrogens is 809 g/mol. The van der Waals surface area contributed by atoms with E-state index in [1.807, 2.05) is 54.6 Å². The summed E-state index contributed by atoms with van der Waals surface area (Å²) in [5, 5.41) is 8.51. The summed E-state index contributed by atoms with van der Waals surface area (Å²) in [5.74, 6) is -0.874. The number of fused-ring (bicyclic) bond motifs is 1. The van der Waals surface area contributed by atoms with E-state index < -0.39 is 23.0 Å². The molecule has 1 aliphatic heterocycles. The van der Waals surface area contributed by atoms with E-state index in [2.05, 4.69) is 33.0 Å². The van der Waals surface area contributed by atoms with Crippen LogP contribution in [0.3, 0.4) is 0 Å². The van der Waals surface area contributed by atoms with Crippen LogP contribution in [0.1, 0.15) is 53.1 Å². The van der Waals surface area contributed by atoms with E-state index in [0.717, 1.165) is 29.1 Å². The van der Waals surface area contributed by atoms with E-state index in [0.29, 0.717) is 56.7 Å². The maximum Gasteiger partial charge on any atom is 0.341 e. The summed E-state index contributed by atoms with van der Waals surface area (Å²) in [7, 11) is 4.40. The van der Waals surface area contributed by atoms with Crippen molar-refractivity contribution in [3.05, 3.63) is 177 Å². The molecule has 0 fully saturated rings. The molecule has 1 aliphatic rings. The lowest BCUT2D eigenvalue weighted by Crippen LogP contribution is -2.30. The van der Waals surface area contributed by atoms with Gasteiger partial charge in [0.15, 0.2) is 11.5 Å². The Kier molecular flexibility index (Phi) is 14.0. The number of nitrogens with one attached hydrogen (secondary N) is 3. The number of nitrogens with zero attached hydrogens (tertiary/aromatic N) is 1. The first kappa shape index (κ1) is 42.5. The van der Waals surface area contributed by atoms with E-state index in [-0.39, 0.29) is 11.6 Å². The van der Waals surface area contributed by atoms with Gasteiger partial charge in [0.05, 0.1) is 26.9 Å². The van der Waals surface area contributed by atoms with Gasteiger partial charge >= 0.3 is 5.97 Å². The standard InChI is InChI=1S/C48H44N4O7S2/c1-57-39-23-22-32(27-40(39)58-2)26-38(50-44(53)34-18-11-6-12-19-34)45(54)49-35-20-13-21-36(28-35)60-43(33-16-9-5-10-17-33)46(55)51-47-42(48(56)59-3)37-24-25-52(30-41(37)61-47)29-31-14-7-4-8-15-31/h4-23,26-28,43H,24-25,29-30H2,1-3H3,(H,49,54)(H,50,53)(H,51,55)/b38-26+. The second-order valence-corrected chi connectivity index (χ2v) is 16.3. The lowest BCUT2D eigenvalue weighted by molar-refractivity contribution is -0.116. The van der Waals surface area contributed by atoms with Gasteiger partial charge in [-0.25, -0.2) is 4.79 Å². The molecule has 11 nitrogen and oxygen atoms in total. The highest BCUT2D eigenvalue weighted by Crippen LogP contribution is 2.41. The maximum absolute atomic E-state index is 14.4. The van der Waals surface area contributed by atoms with E-state index in [1.165, 1.54) is 50.0 Å². The summed E-state index contributed by atoms with van der Waals surface area (Å²) < 4.78 is 16.1. The molecule has 5 aromatic carbocycles. The third-order valence-electron chi connectivity index (χ3n) is 9.94. The molecule has 1 atom stereocenters. The smallest absolute Gasteiger partial charge is 0.341 e. The molecule has 6 aromatic rings. The van der Waals surface area contributed by atoms with Crippen molar-refractivity contribution in [1.29, 1.82) is 0 Å². The van der Waals surface area contributed by atoms with Gasteiger partial charge in [-0.15, -0.1) is 23.1 Å². The summed E-state index contributed by atoms with van der Waals surface area (Å²) in [6.45, 7) is 2.18. The predicted octanol–water partition coefficient (Wildman–Crippen LogP) is 8.99. The van der Waals surface area contributed by atoms with Crippen molar-refractivity contribution in [3.8, 4) is 11.5 Å². The second kappa shape index (κ2) is 20.1. The molecule has 0 saturated carbocycles. The zero-order chi connectivity index (χ0) is 42.7. The molecule has 1 unspecified atom stereocenters. The summed E-state index contributed by atoms with van der Waals surface area (Å²) in [5.41, 5.74) is 4.65. The largest absolute Gasteiger partial charge is 0.493 e. The summed E-state index contributed by atoms with van der Waals surface area (Å²) in [4.78, 5) is 59.0. The van der Waals surface area contributed by atoms with Gasteiger partial charge in [0.25, 0.3) is 11.8 Å². The Morgan fingerprint density at radius 2 is 1.49 bits per heavy atom. The number of thiophene rings is 1. The molecule has 0 radical (unpaired) electrons. The van der Waals surface area contributed by atoms with Crippen LogP contribution in [0.5, 0.6) is 11.5 Å². The Morgan fingerprint density at radius 3 is 2.20 bits per heavy atom. The van der Waals surface area contributed by atoms with Gasteiger partial charge in [0.1, 0.15) is 15.9 Å². The second-order valence-electron chi connectivity index (χ2n) is 14.0. The minimum Gasteiger partial charge on any atom is -0.493 e. The van der Waals surface area contributed by atoms with Crippen LogP contribution in [0, 0.1) is 0 Å². The first-order chi connectivity index (χ1) is 29.7. The monoisotopic (exact) mass is 852 g/mol. The Morgan fingerprint density at radius 1 is 0.787 bits per heavy atom. The van der Waals surface area contributed by atoms with Crippen molar-refractivity contribution < 1.29 is 33.4 Å². The van der Waals surface area contributed by atoms with Crippen molar-refractivity contribution in [1.82, 2.24) is 10.2 Å². The summed E-state index contributed by atoms with van der Waals surface area (Å²) in [6.07, 6.45) is 2.20. The first-order valence-electron chi connectivity index (χ1n) is 19.5. The predicted molar refractivity (Wildman–Crippen MR) is 240 cm³/mol. The number of hydrogen-bond donors (Lipinski definition) is 3. The molecule has 0 saturated heterocycles. The Bertz CT molecular complexity index is 2550.